The first-order valence-electron chi connectivity index (χ1n) is 6.28. The standard InChI is InChI=1S/C14H12F3NO3S/c1-8(19)9-2-4-10(5-3-9)18-13(20)11-12(14(15,16)17)21-6-7-22-11/h2-5H,6-7H2,1H3,(H,18,20). The van der Waals surface area contributed by atoms with Crippen LogP contribution in [0.5, 0.6) is 0 Å². The van der Waals surface area contributed by atoms with Gasteiger partial charge in [0.05, 0.1) is 6.61 Å². The zero-order valence-corrected chi connectivity index (χ0v) is 12.3. The summed E-state index contributed by atoms with van der Waals surface area (Å²) in [5.74, 6) is -2.02. The number of hydrogen-bond donors (Lipinski definition) is 1. The van der Waals surface area contributed by atoms with Gasteiger partial charge in [-0.2, -0.15) is 13.2 Å². The smallest absolute Gasteiger partial charge is 0.450 e. The van der Waals surface area contributed by atoms with Crippen LogP contribution in [0.4, 0.5) is 18.9 Å². The molecule has 1 aromatic rings. The Morgan fingerprint density at radius 2 is 1.86 bits per heavy atom. The van der Waals surface area contributed by atoms with Crippen LogP contribution in [0.25, 0.3) is 0 Å². The highest BCUT2D eigenvalue weighted by molar-refractivity contribution is 8.04. The number of ether oxygens (including phenoxy) is 1. The maximum atomic E-state index is 12.8. The molecule has 8 heteroatoms. The summed E-state index contributed by atoms with van der Waals surface area (Å²) in [6, 6.07) is 5.89. The summed E-state index contributed by atoms with van der Waals surface area (Å²) in [6.07, 6.45) is -4.71. The lowest BCUT2D eigenvalue weighted by Crippen LogP contribution is -2.26. The van der Waals surface area contributed by atoms with E-state index in [0.29, 0.717) is 11.3 Å². The number of alkyl halides is 3. The molecular weight excluding hydrogens is 319 g/mol. The molecular formula is C14H12F3NO3S. The van der Waals surface area contributed by atoms with Crippen molar-refractivity contribution in [2.45, 2.75) is 13.1 Å². The number of ketones is 1. The van der Waals surface area contributed by atoms with Gasteiger partial charge in [0.1, 0.15) is 4.91 Å². The molecule has 0 saturated heterocycles. The van der Waals surface area contributed by atoms with Gasteiger partial charge in [-0.3, -0.25) is 9.59 Å². The molecule has 1 aliphatic heterocycles. The van der Waals surface area contributed by atoms with Crippen molar-refractivity contribution < 1.29 is 27.5 Å². The lowest BCUT2D eigenvalue weighted by molar-refractivity contribution is -0.133. The van der Waals surface area contributed by atoms with Crippen molar-refractivity contribution in [3.63, 3.8) is 0 Å². The van der Waals surface area contributed by atoms with Gasteiger partial charge < -0.3 is 10.1 Å². The molecule has 0 bridgehead atoms. The number of thioether (sulfide) groups is 1. The molecule has 4 nitrogen and oxygen atoms in total. The van der Waals surface area contributed by atoms with Crippen molar-refractivity contribution >= 4 is 29.1 Å². The van der Waals surface area contributed by atoms with E-state index in [1.807, 2.05) is 0 Å². The van der Waals surface area contributed by atoms with E-state index < -0.39 is 22.7 Å². The van der Waals surface area contributed by atoms with Crippen LogP contribution in [0.3, 0.4) is 0 Å². The SMILES string of the molecule is CC(=O)c1ccc(NC(=O)C2=C(C(F)(F)F)OCCS2)cc1. The number of anilines is 1. The van der Waals surface area contributed by atoms with Crippen LogP contribution in [-0.2, 0) is 9.53 Å². The second-order valence-electron chi connectivity index (χ2n) is 4.44. The second-order valence-corrected chi connectivity index (χ2v) is 5.55. The number of rotatable bonds is 3. The van der Waals surface area contributed by atoms with Crippen LogP contribution in [0.1, 0.15) is 17.3 Å². The van der Waals surface area contributed by atoms with Crippen molar-refractivity contribution in [2.75, 3.05) is 17.7 Å². The highest BCUT2D eigenvalue weighted by atomic mass is 32.2. The van der Waals surface area contributed by atoms with Gasteiger partial charge in [-0.25, -0.2) is 0 Å². The summed E-state index contributed by atoms with van der Waals surface area (Å²) in [5.41, 5.74) is 0.749. The second kappa shape index (κ2) is 6.43. The van der Waals surface area contributed by atoms with E-state index in [4.69, 9.17) is 0 Å². The Kier molecular flexibility index (Phi) is 4.80. The normalized spacial score (nSPS) is 15.3. The fourth-order valence-electron chi connectivity index (χ4n) is 1.77. The average molecular weight is 331 g/mol. The van der Waals surface area contributed by atoms with Crippen molar-refractivity contribution in [1.82, 2.24) is 0 Å². The van der Waals surface area contributed by atoms with Gasteiger partial charge in [-0.05, 0) is 31.2 Å². The number of carbonyl (C=O) groups is 2. The van der Waals surface area contributed by atoms with E-state index >= 15 is 0 Å². The third-order valence-electron chi connectivity index (χ3n) is 2.80. The highest BCUT2D eigenvalue weighted by Gasteiger charge is 2.42. The van der Waals surface area contributed by atoms with E-state index in [1.165, 1.54) is 31.2 Å². The Morgan fingerprint density at radius 1 is 1.23 bits per heavy atom. The molecule has 1 amide bonds. The van der Waals surface area contributed by atoms with E-state index in [2.05, 4.69) is 10.1 Å². The molecule has 2 rings (SSSR count). The minimum Gasteiger partial charge on any atom is -0.487 e. The highest BCUT2D eigenvalue weighted by Crippen LogP contribution is 2.37. The molecule has 0 aromatic heterocycles. The summed E-state index contributed by atoms with van der Waals surface area (Å²) in [6.45, 7) is 1.30. The molecule has 22 heavy (non-hydrogen) atoms. The number of halogens is 3. The summed E-state index contributed by atoms with van der Waals surface area (Å²) in [7, 11) is 0. The van der Waals surface area contributed by atoms with E-state index in [9.17, 15) is 22.8 Å². The Bertz CT molecular complexity index is 623. The third-order valence-corrected chi connectivity index (χ3v) is 3.83. The van der Waals surface area contributed by atoms with E-state index in [1.54, 1.807) is 0 Å². The summed E-state index contributed by atoms with van der Waals surface area (Å²) >= 11 is 0.802. The molecule has 0 saturated carbocycles. The molecule has 0 unspecified atom stereocenters. The fraction of sp³-hybridized carbons (Fsp3) is 0.286. The van der Waals surface area contributed by atoms with Crippen LogP contribution in [0, 0.1) is 0 Å². The average Bonchev–Trinajstić information content (AvgIpc) is 2.47. The maximum Gasteiger partial charge on any atom is 0.450 e. The molecule has 0 radical (unpaired) electrons. The Balaban J connectivity index is 2.20. The molecule has 0 spiro atoms. The topological polar surface area (TPSA) is 55.4 Å². The lowest BCUT2D eigenvalue weighted by Gasteiger charge is -2.21. The van der Waals surface area contributed by atoms with Crippen molar-refractivity contribution in [3.05, 3.63) is 40.5 Å². The number of allylic oxidation sites excluding steroid dienone is 1. The van der Waals surface area contributed by atoms with Gasteiger partial charge in [-0.1, -0.05) is 0 Å². The summed E-state index contributed by atoms with van der Waals surface area (Å²) in [4.78, 5) is 22.7. The molecule has 0 atom stereocenters. The predicted molar refractivity (Wildman–Crippen MR) is 76.6 cm³/mol. The number of nitrogens with one attached hydrogen (secondary N) is 1. The number of Topliss-reactive ketones (excluding diaryl/α,β-unsaturated/α-hetero) is 1. The Hall–Kier alpha value is -1.96. The summed E-state index contributed by atoms with van der Waals surface area (Å²) in [5, 5.41) is 2.37. The predicted octanol–water partition coefficient (Wildman–Crippen LogP) is 3.37. The van der Waals surface area contributed by atoms with Gasteiger partial charge in [0.25, 0.3) is 5.91 Å². The molecule has 118 valence electrons. The van der Waals surface area contributed by atoms with Crippen molar-refractivity contribution in [1.29, 1.82) is 0 Å². The van der Waals surface area contributed by atoms with Gasteiger partial charge in [0, 0.05) is 17.0 Å². The molecule has 0 aliphatic carbocycles. The number of hydrogen-bond acceptors (Lipinski definition) is 4. The van der Waals surface area contributed by atoms with Crippen LogP contribution in [0.2, 0.25) is 0 Å². The van der Waals surface area contributed by atoms with E-state index in [0.717, 1.165) is 11.8 Å². The first-order valence-corrected chi connectivity index (χ1v) is 7.27. The number of benzene rings is 1. The van der Waals surface area contributed by atoms with Crippen LogP contribution < -0.4 is 5.32 Å². The fourth-order valence-corrected chi connectivity index (χ4v) is 2.63. The van der Waals surface area contributed by atoms with Crippen molar-refractivity contribution in [2.24, 2.45) is 0 Å². The van der Waals surface area contributed by atoms with Crippen LogP contribution >= 0.6 is 11.8 Å². The van der Waals surface area contributed by atoms with Gasteiger partial charge in [0.15, 0.2) is 5.78 Å². The monoisotopic (exact) mass is 331 g/mol. The zero-order valence-electron chi connectivity index (χ0n) is 11.5. The number of amides is 1. The minimum absolute atomic E-state index is 0.0937. The molecule has 1 N–H and O–H groups in total. The minimum atomic E-state index is -4.71. The van der Waals surface area contributed by atoms with Gasteiger partial charge >= 0.3 is 6.18 Å². The Labute approximate surface area is 128 Å². The molecule has 1 aliphatic rings. The van der Waals surface area contributed by atoms with Crippen LogP contribution in [-0.4, -0.2) is 30.2 Å². The van der Waals surface area contributed by atoms with Crippen molar-refractivity contribution in [3.8, 4) is 0 Å². The van der Waals surface area contributed by atoms with Gasteiger partial charge in [-0.15, -0.1) is 11.8 Å². The van der Waals surface area contributed by atoms with Gasteiger partial charge in [0.2, 0.25) is 5.76 Å². The molecule has 0 fully saturated rings. The Morgan fingerprint density at radius 3 is 2.41 bits per heavy atom. The maximum absolute atomic E-state index is 12.8. The first kappa shape index (κ1) is 16.4. The summed E-state index contributed by atoms with van der Waals surface area (Å²) < 4.78 is 43.0. The molecule has 1 aromatic carbocycles. The first-order chi connectivity index (χ1) is 10.3. The number of carbonyl (C=O) groups excluding carboxylic acids is 2. The quantitative estimate of drug-likeness (QED) is 0.863. The zero-order chi connectivity index (χ0) is 16.3. The largest absolute Gasteiger partial charge is 0.487 e. The van der Waals surface area contributed by atoms with E-state index in [-0.39, 0.29) is 18.1 Å². The van der Waals surface area contributed by atoms with Crippen LogP contribution in [0.15, 0.2) is 34.9 Å². The third kappa shape index (κ3) is 3.82. The molecule has 1 heterocycles. The lowest BCUT2D eigenvalue weighted by atomic mass is 10.1.